The zero-order chi connectivity index (χ0) is 15.1. The van der Waals surface area contributed by atoms with Crippen molar-refractivity contribution in [3.05, 3.63) is 48.4 Å². The molecule has 0 bridgehead atoms. The van der Waals surface area contributed by atoms with Crippen molar-refractivity contribution in [3.8, 4) is 5.75 Å². The van der Waals surface area contributed by atoms with Crippen molar-refractivity contribution in [2.24, 2.45) is 5.73 Å². The molecule has 112 valence electrons. The highest BCUT2D eigenvalue weighted by atomic mass is 16.5. The van der Waals surface area contributed by atoms with Crippen LogP contribution in [0.25, 0.3) is 0 Å². The second-order valence-corrected chi connectivity index (χ2v) is 4.89. The van der Waals surface area contributed by atoms with E-state index in [4.69, 9.17) is 14.9 Å². The summed E-state index contributed by atoms with van der Waals surface area (Å²) in [4.78, 5) is 10.7. The maximum absolute atomic E-state index is 10.7. The number of benzene rings is 1. The number of hydrogen-bond acceptors (Lipinski definition) is 4. The Kier molecular flexibility index (Phi) is 5.26. The molecule has 1 aromatic heterocycles. The second-order valence-electron chi connectivity index (χ2n) is 4.89. The molecule has 0 saturated heterocycles. The molecule has 0 aliphatic rings. The first kappa shape index (κ1) is 15.0. The standard InChI is InChI=1S/C16H20N2O3/c1-12(11-13-5-4-9-20-13)18-14-6-2-3-7-15(14)21-10-8-16(17)19/h2-7,9,12,18H,8,10-11H2,1H3,(H2,17,19). The van der Waals surface area contributed by atoms with Crippen LogP contribution in [0.2, 0.25) is 0 Å². The van der Waals surface area contributed by atoms with Crippen LogP contribution in [0.4, 0.5) is 5.69 Å². The molecule has 5 nitrogen and oxygen atoms in total. The summed E-state index contributed by atoms with van der Waals surface area (Å²) in [5, 5.41) is 3.39. The van der Waals surface area contributed by atoms with Crippen LogP contribution in [0.15, 0.2) is 47.1 Å². The minimum absolute atomic E-state index is 0.192. The number of anilines is 1. The van der Waals surface area contributed by atoms with Gasteiger partial charge in [0.05, 0.1) is 25.0 Å². The predicted octanol–water partition coefficient (Wildman–Crippen LogP) is 2.58. The normalized spacial score (nSPS) is 11.9. The van der Waals surface area contributed by atoms with Gasteiger partial charge < -0.3 is 20.2 Å². The molecule has 1 atom stereocenters. The van der Waals surface area contributed by atoms with Crippen molar-refractivity contribution in [2.75, 3.05) is 11.9 Å². The molecular formula is C16H20N2O3. The Hall–Kier alpha value is -2.43. The maximum atomic E-state index is 10.7. The van der Waals surface area contributed by atoms with E-state index >= 15 is 0 Å². The lowest BCUT2D eigenvalue weighted by Crippen LogP contribution is -2.19. The van der Waals surface area contributed by atoms with E-state index in [0.29, 0.717) is 5.75 Å². The molecule has 0 aliphatic carbocycles. The zero-order valence-corrected chi connectivity index (χ0v) is 12.0. The fraction of sp³-hybridized carbons (Fsp3) is 0.312. The van der Waals surface area contributed by atoms with Gasteiger partial charge in [0.15, 0.2) is 0 Å². The van der Waals surface area contributed by atoms with E-state index < -0.39 is 0 Å². The van der Waals surface area contributed by atoms with Crippen LogP contribution >= 0.6 is 0 Å². The molecule has 5 heteroatoms. The first-order valence-electron chi connectivity index (χ1n) is 6.94. The number of para-hydroxylation sites is 2. The van der Waals surface area contributed by atoms with Gasteiger partial charge in [-0.25, -0.2) is 0 Å². The molecule has 0 saturated carbocycles. The quantitative estimate of drug-likeness (QED) is 0.782. The number of carbonyl (C=O) groups excluding carboxylic acids is 1. The Balaban J connectivity index is 1.93. The highest BCUT2D eigenvalue weighted by Gasteiger charge is 2.09. The van der Waals surface area contributed by atoms with E-state index in [1.165, 1.54) is 0 Å². The topological polar surface area (TPSA) is 77.5 Å². The number of ether oxygens (including phenoxy) is 1. The van der Waals surface area contributed by atoms with Gasteiger partial charge in [0.2, 0.25) is 5.91 Å². The van der Waals surface area contributed by atoms with Crippen LogP contribution in [0, 0.1) is 0 Å². The molecule has 1 amide bonds. The van der Waals surface area contributed by atoms with Gasteiger partial charge in [-0.05, 0) is 31.2 Å². The average Bonchev–Trinajstić information content (AvgIpc) is 2.93. The van der Waals surface area contributed by atoms with Crippen molar-refractivity contribution in [2.45, 2.75) is 25.8 Å². The summed E-state index contributed by atoms with van der Waals surface area (Å²) < 4.78 is 10.9. The smallest absolute Gasteiger partial charge is 0.220 e. The molecule has 0 spiro atoms. The number of nitrogens with two attached hydrogens (primary N) is 1. The van der Waals surface area contributed by atoms with Gasteiger partial charge in [0.1, 0.15) is 11.5 Å². The Labute approximate surface area is 124 Å². The summed E-state index contributed by atoms with van der Waals surface area (Å²) >= 11 is 0. The highest BCUT2D eigenvalue weighted by molar-refractivity contribution is 5.73. The third-order valence-electron chi connectivity index (χ3n) is 2.98. The lowest BCUT2D eigenvalue weighted by molar-refractivity contribution is -0.118. The first-order chi connectivity index (χ1) is 10.1. The van der Waals surface area contributed by atoms with Crippen molar-refractivity contribution < 1.29 is 13.9 Å². The molecule has 1 heterocycles. The molecule has 0 radical (unpaired) electrons. The minimum atomic E-state index is -0.369. The third-order valence-corrected chi connectivity index (χ3v) is 2.98. The molecule has 3 N–H and O–H groups in total. The molecule has 2 rings (SSSR count). The first-order valence-corrected chi connectivity index (χ1v) is 6.94. The maximum Gasteiger partial charge on any atom is 0.220 e. The Morgan fingerprint density at radius 2 is 2.14 bits per heavy atom. The summed E-state index contributed by atoms with van der Waals surface area (Å²) in [7, 11) is 0. The average molecular weight is 288 g/mol. The summed E-state index contributed by atoms with van der Waals surface area (Å²) in [6.07, 6.45) is 2.65. The lowest BCUT2D eigenvalue weighted by Gasteiger charge is -2.17. The largest absolute Gasteiger partial charge is 0.491 e. The van der Waals surface area contributed by atoms with E-state index in [2.05, 4.69) is 12.2 Å². The van der Waals surface area contributed by atoms with E-state index in [9.17, 15) is 4.79 Å². The molecule has 0 aliphatic heterocycles. The molecule has 1 unspecified atom stereocenters. The molecule has 0 fully saturated rings. The van der Waals surface area contributed by atoms with Crippen LogP contribution in [-0.2, 0) is 11.2 Å². The van der Waals surface area contributed by atoms with Crippen LogP contribution in [0.1, 0.15) is 19.1 Å². The van der Waals surface area contributed by atoms with Crippen LogP contribution in [0.3, 0.4) is 0 Å². The lowest BCUT2D eigenvalue weighted by atomic mass is 10.2. The summed E-state index contributed by atoms with van der Waals surface area (Å²) in [6.45, 7) is 2.35. The number of furan rings is 1. The van der Waals surface area contributed by atoms with Gasteiger partial charge in [-0.3, -0.25) is 4.79 Å². The van der Waals surface area contributed by atoms with Crippen LogP contribution in [-0.4, -0.2) is 18.6 Å². The van der Waals surface area contributed by atoms with Crippen LogP contribution in [0.5, 0.6) is 5.75 Å². The number of amides is 1. The summed E-state index contributed by atoms with van der Waals surface area (Å²) in [5.41, 5.74) is 6.00. The molecule has 2 aromatic rings. The SMILES string of the molecule is CC(Cc1ccco1)Nc1ccccc1OCCC(N)=O. The fourth-order valence-corrected chi connectivity index (χ4v) is 2.02. The number of primary amides is 1. The second kappa shape index (κ2) is 7.38. The third kappa shape index (κ3) is 4.87. The van der Waals surface area contributed by atoms with E-state index in [0.717, 1.165) is 17.9 Å². The molecular weight excluding hydrogens is 268 g/mol. The van der Waals surface area contributed by atoms with Crippen LogP contribution < -0.4 is 15.8 Å². The zero-order valence-electron chi connectivity index (χ0n) is 12.0. The number of rotatable bonds is 8. The molecule has 21 heavy (non-hydrogen) atoms. The van der Waals surface area contributed by atoms with Crippen molar-refractivity contribution >= 4 is 11.6 Å². The van der Waals surface area contributed by atoms with Gasteiger partial charge >= 0.3 is 0 Å². The monoisotopic (exact) mass is 288 g/mol. The minimum Gasteiger partial charge on any atom is -0.491 e. The number of hydrogen-bond donors (Lipinski definition) is 2. The number of nitrogens with one attached hydrogen (secondary N) is 1. The summed E-state index contributed by atoms with van der Waals surface area (Å²) in [6, 6.07) is 11.7. The highest BCUT2D eigenvalue weighted by Crippen LogP contribution is 2.25. The molecule has 1 aromatic carbocycles. The van der Waals surface area contributed by atoms with Gasteiger partial charge in [-0.1, -0.05) is 12.1 Å². The van der Waals surface area contributed by atoms with Gasteiger partial charge in [0, 0.05) is 12.5 Å². The Morgan fingerprint density at radius 1 is 1.33 bits per heavy atom. The van der Waals surface area contributed by atoms with Crippen molar-refractivity contribution in [1.29, 1.82) is 0 Å². The fourth-order valence-electron chi connectivity index (χ4n) is 2.02. The summed E-state index contributed by atoms with van der Waals surface area (Å²) in [5.74, 6) is 1.28. The Morgan fingerprint density at radius 3 is 2.86 bits per heavy atom. The number of carbonyl (C=O) groups is 1. The van der Waals surface area contributed by atoms with Crippen molar-refractivity contribution in [3.63, 3.8) is 0 Å². The van der Waals surface area contributed by atoms with Crippen molar-refractivity contribution in [1.82, 2.24) is 0 Å². The predicted molar refractivity (Wildman–Crippen MR) is 81.2 cm³/mol. The van der Waals surface area contributed by atoms with Gasteiger partial charge in [-0.15, -0.1) is 0 Å². The van der Waals surface area contributed by atoms with Gasteiger partial charge in [-0.2, -0.15) is 0 Å². The Bertz CT molecular complexity index is 567. The van der Waals surface area contributed by atoms with Gasteiger partial charge in [0.25, 0.3) is 0 Å². The van der Waals surface area contributed by atoms with E-state index in [1.54, 1.807) is 6.26 Å². The van der Waals surface area contributed by atoms with E-state index in [-0.39, 0.29) is 25.0 Å². The van der Waals surface area contributed by atoms with E-state index in [1.807, 2.05) is 36.4 Å².